The van der Waals surface area contributed by atoms with E-state index in [1.54, 1.807) is 13.8 Å². The van der Waals surface area contributed by atoms with Crippen LogP contribution in [0.15, 0.2) is 28.0 Å². The van der Waals surface area contributed by atoms with Crippen LogP contribution in [0.25, 0.3) is 0 Å². The molecule has 1 amide bonds. The molecular formula is C19H31N5O6S2. The van der Waals surface area contributed by atoms with Gasteiger partial charge in [0, 0.05) is 64.6 Å². The number of nitrogens with zero attached hydrogens (tertiary/aromatic N) is 5. The van der Waals surface area contributed by atoms with E-state index in [4.69, 9.17) is 0 Å². The molecule has 0 atom stereocenters. The van der Waals surface area contributed by atoms with E-state index in [1.807, 2.05) is 0 Å². The molecule has 1 aromatic heterocycles. The number of hydrogen-bond donors (Lipinski definition) is 0. The molecule has 3 heterocycles. The van der Waals surface area contributed by atoms with E-state index in [2.05, 4.69) is 0 Å². The Morgan fingerprint density at radius 3 is 2.03 bits per heavy atom. The van der Waals surface area contributed by atoms with Gasteiger partial charge in [-0.3, -0.25) is 9.59 Å². The van der Waals surface area contributed by atoms with E-state index in [0.29, 0.717) is 26.2 Å². The van der Waals surface area contributed by atoms with Gasteiger partial charge in [-0.2, -0.15) is 21.3 Å². The maximum Gasteiger partial charge on any atom is 0.282 e. The molecule has 32 heavy (non-hydrogen) atoms. The van der Waals surface area contributed by atoms with Crippen LogP contribution in [0.1, 0.15) is 26.7 Å². The van der Waals surface area contributed by atoms with Gasteiger partial charge in [0.15, 0.2) is 0 Å². The third kappa shape index (κ3) is 5.06. The summed E-state index contributed by atoms with van der Waals surface area (Å²) in [4.78, 5) is 26.5. The Kier molecular flexibility index (Phi) is 7.76. The minimum Gasteiger partial charge on any atom is -0.338 e. The molecule has 2 aliphatic rings. The molecule has 2 aliphatic heterocycles. The summed E-state index contributed by atoms with van der Waals surface area (Å²) in [7, 11) is -7.27. The number of carbonyl (C=O) groups excluding carboxylic acids is 1. The topological polar surface area (TPSA) is 120 Å². The summed E-state index contributed by atoms with van der Waals surface area (Å²) in [5, 5.41) is 0. The van der Waals surface area contributed by atoms with Gasteiger partial charge in [0.1, 0.15) is 6.54 Å². The first-order chi connectivity index (χ1) is 15.1. The summed E-state index contributed by atoms with van der Waals surface area (Å²) in [5.74, 6) is -0.359. The summed E-state index contributed by atoms with van der Waals surface area (Å²) >= 11 is 0. The molecule has 2 saturated heterocycles. The summed E-state index contributed by atoms with van der Waals surface area (Å²) in [6.07, 6.45) is 2.91. The van der Waals surface area contributed by atoms with Crippen molar-refractivity contribution in [2.45, 2.75) is 38.1 Å². The zero-order chi connectivity index (χ0) is 23.5. The lowest BCUT2D eigenvalue weighted by Gasteiger charge is -2.35. The second kappa shape index (κ2) is 10.00. The number of sulfonamides is 1. The van der Waals surface area contributed by atoms with Crippen LogP contribution in [0.2, 0.25) is 0 Å². The van der Waals surface area contributed by atoms with Crippen molar-refractivity contribution >= 4 is 26.1 Å². The molecule has 0 bridgehead atoms. The molecule has 3 rings (SSSR count). The molecule has 180 valence electrons. The van der Waals surface area contributed by atoms with Crippen LogP contribution in [0.4, 0.5) is 0 Å². The Balaban J connectivity index is 1.67. The minimum atomic E-state index is -3.76. The van der Waals surface area contributed by atoms with Gasteiger partial charge < -0.3 is 9.47 Å². The van der Waals surface area contributed by atoms with Gasteiger partial charge in [-0.1, -0.05) is 13.8 Å². The number of hydrogen-bond acceptors (Lipinski definition) is 6. The number of rotatable bonds is 8. The number of pyridine rings is 1. The minimum absolute atomic E-state index is 0.0462. The van der Waals surface area contributed by atoms with E-state index in [9.17, 15) is 26.4 Å². The fourth-order valence-corrected chi connectivity index (χ4v) is 7.14. The van der Waals surface area contributed by atoms with Crippen molar-refractivity contribution in [3.63, 3.8) is 0 Å². The van der Waals surface area contributed by atoms with Crippen molar-refractivity contribution in [3.8, 4) is 0 Å². The maximum atomic E-state index is 12.8. The van der Waals surface area contributed by atoms with Crippen LogP contribution in [-0.4, -0.2) is 97.5 Å². The van der Waals surface area contributed by atoms with Crippen molar-refractivity contribution in [2.24, 2.45) is 0 Å². The van der Waals surface area contributed by atoms with Crippen LogP contribution in [0.5, 0.6) is 0 Å². The van der Waals surface area contributed by atoms with Crippen molar-refractivity contribution in [1.29, 1.82) is 0 Å². The molecule has 0 aromatic carbocycles. The van der Waals surface area contributed by atoms with E-state index >= 15 is 0 Å². The predicted molar refractivity (Wildman–Crippen MR) is 119 cm³/mol. The third-order valence-electron chi connectivity index (χ3n) is 5.91. The smallest absolute Gasteiger partial charge is 0.282 e. The monoisotopic (exact) mass is 489 g/mol. The first-order valence-corrected chi connectivity index (χ1v) is 13.7. The second-order valence-corrected chi connectivity index (χ2v) is 11.7. The quantitative estimate of drug-likeness (QED) is 0.479. The summed E-state index contributed by atoms with van der Waals surface area (Å²) in [6.45, 7) is 5.60. The van der Waals surface area contributed by atoms with Crippen LogP contribution >= 0.6 is 0 Å². The first-order valence-electron chi connectivity index (χ1n) is 10.8. The number of piperazine rings is 1. The molecule has 0 spiro atoms. The highest BCUT2D eigenvalue weighted by Gasteiger charge is 2.34. The SMILES string of the molecule is CCN(CC)S(=O)(=O)c1ccc(=O)n(CC(=O)N2CCN(S(=O)(=O)N3CCCC3)CC2)c1. The molecule has 13 heteroatoms. The van der Waals surface area contributed by atoms with Crippen LogP contribution in [-0.2, 0) is 31.6 Å². The highest BCUT2D eigenvalue weighted by atomic mass is 32.2. The standard InChI is InChI=1S/C19H31N5O6S2/c1-3-22(4-2)31(27,28)17-7-8-18(25)21(15-17)16-19(26)20-11-13-24(14-12-20)32(29,30)23-9-5-6-10-23/h7-8,15H,3-6,9-14,16H2,1-2H3. The number of aromatic nitrogens is 1. The van der Waals surface area contributed by atoms with Crippen molar-refractivity contribution in [2.75, 3.05) is 52.4 Å². The van der Waals surface area contributed by atoms with E-state index in [0.717, 1.165) is 23.5 Å². The van der Waals surface area contributed by atoms with E-state index in [1.165, 1.54) is 30.1 Å². The summed E-state index contributed by atoms with van der Waals surface area (Å²) < 4.78 is 56.1. The Bertz CT molecular complexity index is 1080. The molecule has 1 aromatic rings. The van der Waals surface area contributed by atoms with Gasteiger partial charge in [0.05, 0.1) is 4.90 Å². The maximum absolute atomic E-state index is 12.8. The van der Waals surface area contributed by atoms with Gasteiger partial charge >= 0.3 is 0 Å². The zero-order valence-corrected chi connectivity index (χ0v) is 20.1. The summed E-state index contributed by atoms with van der Waals surface area (Å²) in [5.41, 5.74) is -0.480. The molecule has 11 nitrogen and oxygen atoms in total. The Morgan fingerprint density at radius 2 is 1.47 bits per heavy atom. The first kappa shape index (κ1) is 24.8. The number of amides is 1. The molecule has 2 fully saturated rings. The average Bonchev–Trinajstić information content (AvgIpc) is 3.32. The van der Waals surface area contributed by atoms with Gasteiger partial charge in [-0.15, -0.1) is 0 Å². The highest BCUT2D eigenvalue weighted by Crippen LogP contribution is 2.18. The Hall–Kier alpha value is -1.80. The van der Waals surface area contributed by atoms with Crippen molar-refractivity contribution < 1.29 is 21.6 Å². The largest absolute Gasteiger partial charge is 0.338 e. The van der Waals surface area contributed by atoms with Crippen molar-refractivity contribution in [3.05, 3.63) is 28.7 Å². The van der Waals surface area contributed by atoms with E-state index < -0.39 is 25.8 Å². The van der Waals surface area contributed by atoms with Gasteiger partial charge in [0.25, 0.3) is 15.8 Å². The predicted octanol–water partition coefficient (Wildman–Crippen LogP) is -0.636. The zero-order valence-electron chi connectivity index (χ0n) is 18.5. The normalized spacial score (nSPS) is 19.0. The Morgan fingerprint density at radius 1 is 0.906 bits per heavy atom. The molecule has 0 saturated carbocycles. The molecule has 0 N–H and O–H groups in total. The molecule has 0 radical (unpaired) electrons. The van der Waals surface area contributed by atoms with Crippen LogP contribution in [0.3, 0.4) is 0 Å². The average molecular weight is 490 g/mol. The van der Waals surface area contributed by atoms with Crippen LogP contribution in [0, 0.1) is 0 Å². The Labute approximate surface area is 189 Å². The highest BCUT2D eigenvalue weighted by molar-refractivity contribution is 7.89. The third-order valence-corrected chi connectivity index (χ3v) is 9.98. The van der Waals surface area contributed by atoms with Gasteiger partial charge in [-0.05, 0) is 18.9 Å². The van der Waals surface area contributed by atoms with Gasteiger partial charge in [0.2, 0.25) is 15.9 Å². The van der Waals surface area contributed by atoms with E-state index in [-0.39, 0.29) is 43.5 Å². The fraction of sp³-hybridized carbons (Fsp3) is 0.684. The lowest BCUT2D eigenvalue weighted by molar-refractivity contribution is -0.133. The number of carbonyl (C=O) groups is 1. The molecule has 0 unspecified atom stereocenters. The lowest BCUT2D eigenvalue weighted by atomic mass is 10.3. The molecular weight excluding hydrogens is 458 g/mol. The fourth-order valence-electron chi connectivity index (χ4n) is 3.99. The lowest BCUT2D eigenvalue weighted by Crippen LogP contribution is -2.54. The van der Waals surface area contributed by atoms with Crippen LogP contribution < -0.4 is 5.56 Å². The second-order valence-electron chi connectivity index (χ2n) is 7.81. The molecule has 0 aliphatic carbocycles. The van der Waals surface area contributed by atoms with Gasteiger partial charge in [-0.25, -0.2) is 8.42 Å². The summed E-state index contributed by atoms with van der Waals surface area (Å²) in [6, 6.07) is 2.39. The van der Waals surface area contributed by atoms with Crippen molar-refractivity contribution in [1.82, 2.24) is 22.4 Å².